The van der Waals surface area contributed by atoms with Gasteiger partial charge in [0.1, 0.15) is 12.6 Å². The number of carbonyl (C=O) groups is 3. The maximum atomic E-state index is 11.8. The van der Waals surface area contributed by atoms with Crippen molar-refractivity contribution in [1.29, 1.82) is 0 Å². The Morgan fingerprint density at radius 1 is 1.37 bits per heavy atom. The minimum Gasteiger partial charge on any atom is -0.480 e. The predicted octanol–water partition coefficient (Wildman–Crippen LogP) is -0.319. The number of nitrogens with one attached hydrogen (secondary N) is 1. The van der Waals surface area contributed by atoms with Crippen LogP contribution in [0.1, 0.15) is 13.8 Å². The number of rotatable bonds is 8. The SMILES string of the molecule is CCOC(=O)CN(CCOC)C(=O)N[C@H](C)C(=O)O. The third-order valence-electron chi connectivity index (χ3n) is 2.19. The second-order valence-corrected chi connectivity index (χ2v) is 3.73. The van der Waals surface area contributed by atoms with E-state index in [1.165, 1.54) is 14.0 Å². The minimum atomic E-state index is -1.16. The fraction of sp³-hybridized carbons (Fsp3) is 0.727. The van der Waals surface area contributed by atoms with Crippen molar-refractivity contribution in [2.75, 3.05) is 33.4 Å². The first-order valence-corrected chi connectivity index (χ1v) is 5.85. The lowest BCUT2D eigenvalue weighted by molar-refractivity contribution is -0.143. The average Bonchev–Trinajstić information content (AvgIpc) is 2.34. The molecule has 2 amide bonds. The summed E-state index contributed by atoms with van der Waals surface area (Å²) in [6, 6.07) is -1.69. The van der Waals surface area contributed by atoms with Crippen molar-refractivity contribution in [2.24, 2.45) is 0 Å². The molecular weight excluding hydrogens is 256 g/mol. The van der Waals surface area contributed by atoms with Crippen LogP contribution in [0.2, 0.25) is 0 Å². The van der Waals surface area contributed by atoms with Gasteiger partial charge in [0.25, 0.3) is 0 Å². The number of hydrogen-bond donors (Lipinski definition) is 2. The van der Waals surface area contributed by atoms with Gasteiger partial charge in [-0.25, -0.2) is 4.79 Å². The molecule has 0 spiro atoms. The molecule has 8 nitrogen and oxygen atoms in total. The molecule has 0 fully saturated rings. The summed E-state index contributed by atoms with van der Waals surface area (Å²) in [7, 11) is 1.46. The number of ether oxygens (including phenoxy) is 2. The van der Waals surface area contributed by atoms with Crippen LogP contribution < -0.4 is 5.32 Å². The first-order chi connectivity index (χ1) is 8.92. The first kappa shape index (κ1) is 17.2. The van der Waals surface area contributed by atoms with E-state index >= 15 is 0 Å². The molecule has 1 atom stereocenters. The number of methoxy groups -OCH3 is 1. The second kappa shape index (κ2) is 9.15. The Kier molecular flexibility index (Phi) is 8.27. The van der Waals surface area contributed by atoms with Crippen molar-refractivity contribution in [3.05, 3.63) is 0 Å². The molecule has 19 heavy (non-hydrogen) atoms. The summed E-state index contributed by atoms with van der Waals surface area (Å²) < 4.78 is 9.56. The van der Waals surface area contributed by atoms with Gasteiger partial charge in [-0.15, -0.1) is 0 Å². The third-order valence-corrected chi connectivity index (χ3v) is 2.19. The Balaban J connectivity index is 4.50. The molecule has 2 N–H and O–H groups in total. The normalized spacial score (nSPS) is 11.5. The van der Waals surface area contributed by atoms with E-state index in [2.05, 4.69) is 5.32 Å². The van der Waals surface area contributed by atoms with Gasteiger partial charge in [-0.05, 0) is 13.8 Å². The van der Waals surface area contributed by atoms with E-state index < -0.39 is 24.0 Å². The van der Waals surface area contributed by atoms with E-state index in [0.29, 0.717) is 0 Å². The number of carboxylic acids is 1. The van der Waals surface area contributed by atoms with Crippen molar-refractivity contribution < 1.29 is 29.0 Å². The highest BCUT2D eigenvalue weighted by molar-refractivity contribution is 5.84. The van der Waals surface area contributed by atoms with Crippen LogP contribution in [-0.4, -0.2) is 67.4 Å². The van der Waals surface area contributed by atoms with Crippen LogP contribution >= 0.6 is 0 Å². The van der Waals surface area contributed by atoms with E-state index in [4.69, 9.17) is 14.6 Å². The van der Waals surface area contributed by atoms with Crippen LogP contribution in [0.25, 0.3) is 0 Å². The van der Waals surface area contributed by atoms with Gasteiger partial charge in [-0.1, -0.05) is 0 Å². The first-order valence-electron chi connectivity index (χ1n) is 5.85. The van der Waals surface area contributed by atoms with Gasteiger partial charge in [0.2, 0.25) is 0 Å². The Hall–Kier alpha value is -1.83. The fourth-order valence-corrected chi connectivity index (χ4v) is 1.15. The summed E-state index contributed by atoms with van der Waals surface area (Å²) in [5.74, 6) is -1.71. The topological polar surface area (TPSA) is 105 Å². The quantitative estimate of drug-likeness (QED) is 0.589. The van der Waals surface area contributed by atoms with E-state index in [1.807, 2.05) is 0 Å². The van der Waals surface area contributed by atoms with E-state index in [-0.39, 0.29) is 26.3 Å². The van der Waals surface area contributed by atoms with Crippen LogP contribution in [0.3, 0.4) is 0 Å². The lowest BCUT2D eigenvalue weighted by Crippen LogP contribution is -2.49. The number of hydrogen-bond acceptors (Lipinski definition) is 5. The Labute approximate surface area is 111 Å². The number of esters is 1. The summed E-state index contributed by atoms with van der Waals surface area (Å²) >= 11 is 0. The summed E-state index contributed by atoms with van der Waals surface area (Å²) in [5, 5.41) is 11.0. The molecule has 0 aromatic rings. The molecule has 0 rings (SSSR count). The summed E-state index contributed by atoms with van der Waals surface area (Å²) in [6.07, 6.45) is 0. The van der Waals surface area contributed by atoms with Crippen LogP contribution in [0.4, 0.5) is 4.79 Å². The van der Waals surface area contributed by atoms with Gasteiger partial charge >= 0.3 is 18.0 Å². The molecular formula is C11H20N2O6. The molecule has 0 radical (unpaired) electrons. The molecule has 0 aliphatic heterocycles. The van der Waals surface area contributed by atoms with E-state index in [0.717, 1.165) is 4.90 Å². The van der Waals surface area contributed by atoms with Crippen molar-refractivity contribution in [3.8, 4) is 0 Å². The maximum absolute atomic E-state index is 11.8. The molecule has 0 aliphatic rings. The highest BCUT2D eigenvalue weighted by atomic mass is 16.5. The van der Waals surface area contributed by atoms with Gasteiger partial charge in [0, 0.05) is 13.7 Å². The smallest absolute Gasteiger partial charge is 0.325 e. The monoisotopic (exact) mass is 276 g/mol. The average molecular weight is 276 g/mol. The molecule has 0 aromatic carbocycles. The third kappa shape index (κ3) is 7.24. The van der Waals surface area contributed by atoms with Gasteiger partial charge in [0.05, 0.1) is 13.2 Å². The zero-order chi connectivity index (χ0) is 14.8. The lowest BCUT2D eigenvalue weighted by atomic mass is 10.3. The zero-order valence-corrected chi connectivity index (χ0v) is 11.3. The van der Waals surface area contributed by atoms with Crippen molar-refractivity contribution in [1.82, 2.24) is 10.2 Å². The number of carboxylic acid groups (broad SMARTS) is 1. The number of carbonyl (C=O) groups excluding carboxylic acids is 2. The van der Waals surface area contributed by atoms with E-state index in [1.54, 1.807) is 6.92 Å². The predicted molar refractivity (Wildman–Crippen MR) is 65.7 cm³/mol. The molecule has 110 valence electrons. The number of urea groups is 1. The molecule has 0 saturated heterocycles. The largest absolute Gasteiger partial charge is 0.480 e. The Morgan fingerprint density at radius 3 is 2.47 bits per heavy atom. The molecule has 0 unspecified atom stereocenters. The number of nitrogens with zero attached hydrogens (tertiary/aromatic N) is 1. The maximum Gasteiger partial charge on any atom is 0.325 e. The van der Waals surface area contributed by atoms with Gasteiger partial charge in [-0.3, -0.25) is 9.59 Å². The summed E-state index contributed by atoms with van der Waals surface area (Å²) in [4.78, 5) is 34.9. The van der Waals surface area contributed by atoms with Crippen LogP contribution in [-0.2, 0) is 19.1 Å². The van der Waals surface area contributed by atoms with Gasteiger partial charge in [0.15, 0.2) is 0 Å². The standard InChI is InChI=1S/C11H20N2O6/c1-4-19-9(14)7-13(5-6-18-3)11(17)12-8(2)10(15)16/h8H,4-7H2,1-3H3,(H,12,17)(H,15,16)/t8-/m1/s1. The number of aliphatic carboxylic acids is 1. The number of amides is 2. The van der Waals surface area contributed by atoms with E-state index in [9.17, 15) is 14.4 Å². The highest BCUT2D eigenvalue weighted by Crippen LogP contribution is 1.94. The van der Waals surface area contributed by atoms with Crippen LogP contribution in [0.5, 0.6) is 0 Å². The molecule has 0 saturated carbocycles. The summed E-state index contributed by atoms with van der Waals surface area (Å²) in [5.41, 5.74) is 0. The minimum absolute atomic E-state index is 0.160. The Bertz CT molecular complexity index is 320. The molecule has 0 aromatic heterocycles. The van der Waals surface area contributed by atoms with Gasteiger partial charge < -0.3 is 24.8 Å². The van der Waals surface area contributed by atoms with Gasteiger partial charge in [-0.2, -0.15) is 0 Å². The lowest BCUT2D eigenvalue weighted by Gasteiger charge is -2.23. The molecule has 0 aliphatic carbocycles. The highest BCUT2D eigenvalue weighted by Gasteiger charge is 2.21. The van der Waals surface area contributed by atoms with Crippen molar-refractivity contribution >= 4 is 18.0 Å². The van der Waals surface area contributed by atoms with Crippen LogP contribution in [0.15, 0.2) is 0 Å². The van der Waals surface area contributed by atoms with Crippen molar-refractivity contribution in [2.45, 2.75) is 19.9 Å². The summed E-state index contributed by atoms with van der Waals surface area (Å²) in [6.45, 7) is 3.34. The van der Waals surface area contributed by atoms with Crippen molar-refractivity contribution in [3.63, 3.8) is 0 Å². The Morgan fingerprint density at radius 2 is 2.00 bits per heavy atom. The molecule has 0 bridgehead atoms. The van der Waals surface area contributed by atoms with Crippen LogP contribution in [0, 0.1) is 0 Å². The second-order valence-electron chi connectivity index (χ2n) is 3.73. The zero-order valence-electron chi connectivity index (χ0n) is 11.3. The molecule has 0 heterocycles. The fourth-order valence-electron chi connectivity index (χ4n) is 1.15. The molecule has 8 heteroatoms.